The number of hydrogen-bond acceptors (Lipinski definition) is 6. The average molecular weight is 335 g/mol. The van der Waals surface area contributed by atoms with Gasteiger partial charge in [0.15, 0.2) is 0 Å². The van der Waals surface area contributed by atoms with Gasteiger partial charge in [0, 0.05) is 0 Å². The van der Waals surface area contributed by atoms with E-state index in [1.807, 2.05) is 0 Å². The molecule has 1 fully saturated rings. The van der Waals surface area contributed by atoms with Gasteiger partial charge in [-0.1, -0.05) is 12.1 Å². The summed E-state index contributed by atoms with van der Waals surface area (Å²) in [6.45, 7) is 3.34. The van der Waals surface area contributed by atoms with Crippen LogP contribution in [-0.2, 0) is 14.3 Å². The summed E-state index contributed by atoms with van der Waals surface area (Å²) in [6.07, 6.45) is 1.61. The fraction of sp³-hybridized carbons (Fsp3) is 0.312. The summed E-state index contributed by atoms with van der Waals surface area (Å²) < 4.78 is 9.93. The maximum atomic E-state index is 12.4. The van der Waals surface area contributed by atoms with Crippen LogP contribution in [0.2, 0.25) is 0 Å². The minimum Gasteiger partial charge on any atom is -0.497 e. The number of ether oxygens (including phenoxy) is 2. The molecule has 2 rings (SSSR count). The number of esters is 1. The molecule has 122 valence electrons. The van der Waals surface area contributed by atoms with Crippen LogP contribution in [0.25, 0.3) is 6.08 Å². The highest BCUT2D eigenvalue weighted by atomic mass is 32.2. The zero-order valence-corrected chi connectivity index (χ0v) is 13.9. The van der Waals surface area contributed by atoms with Crippen LogP contribution in [0, 0.1) is 0 Å². The fourth-order valence-corrected chi connectivity index (χ4v) is 2.94. The number of methoxy groups -OCH3 is 1. The number of carbonyl (C=O) groups is 3. The first-order chi connectivity index (χ1) is 11.0. The number of thioether (sulfide) groups is 1. The molecular weight excluding hydrogens is 318 g/mol. The quantitative estimate of drug-likeness (QED) is 0.608. The van der Waals surface area contributed by atoms with Crippen molar-refractivity contribution in [3.8, 4) is 5.75 Å². The van der Waals surface area contributed by atoms with Gasteiger partial charge in [0.25, 0.3) is 11.1 Å². The first-order valence-corrected chi connectivity index (χ1v) is 7.87. The molecular formula is C16H17NO5S. The third-order valence-electron chi connectivity index (χ3n) is 3.25. The Morgan fingerprint density at radius 1 is 1.30 bits per heavy atom. The molecule has 0 saturated carbocycles. The van der Waals surface area contributed by atoms with Crippen molar-refractivity contribution >= 4 is 35.0 Å². The lowest BCUT2D eigenvalue weighted by Gasteiger charge is -2.19. The summed E-state index contributed by atoms with van der Waals surface area (Å²) in [5, 5.41) is -0.477. The predicted octanol–water partition coefficient (Wildman–Crippen LogP) is 2.68. The molecule has 1 aromatic carbocycles. The Kier molecular flexibility index (Phi) is 5.44. The molecule has 1 saturated heterocycles. The predicted molar refractivity (Wildman–Crippen MR) is 86.9 cm³/mol. The summed E-state index contributed by atoms with van der Waals surface area (Å²) in [5.41, 5.74) is 0.764. The highest BCUT2D eigenvalue weighted by Gasteiger charge is 2.41. The Balaban J connectivity index is 2.19. The minimum atomic E-state index is -0.941. The second-order valence-corrected chi connectivity index (χ2v) is 5.75. The van der Waals surface area contributed by atoms with Gasteiger partial charge in [0.1, 0.15) is 11.8 Å². The molecule has 2 amide bonds. The third-order valence-corrected chi connectivity index (χ3v) is 4.14. The van der Waals surface area contributed by atoms with E-state index >= 15 is 0 Å². The van der Waals surface area contributed by atoms with Gasteiger partial charge in [0.05, 0.1) is 18.6 Å². The van der Waals surface area contributed by atoms with Gasteiger partial charge in [-0.3, -0.25) is 14.5 Å². The van der Waals surface area contributed by atoms with Crippen molar-refractivity contribution in [1.82, 2.24) is 4.90 Å². The molecule has 0 radical (unpaired) electrons. The van der Waals surface area contributed by atoms with Crippen LogP contribution in [0.1, 0.15) is 19.4 Å². The number of benzene rings is 1. The van der Waals surface area contributed by atoms with E-state index in [-0.39, 0.29) is 11.5 Å². The molecule has 1 heterocycles. The summed E-state index contributed by atoms with van der Waals surface area (Å²) in [5.74, 6) is -0.386. The van der Waals surface area contributed by atoms with E-state index in [1.165, 1.54) is 6.92 Å². The second-order valence-electron chi connectivity index (χ2n) is 4.75. The lowest BCUT2D eigenvalue weighted by atomic mass is 10.2. The number of carbonyl (C=O) groups excluding carboxylic acids is 3. The van der Waals surface area contributed by atoms with E-state index < -0.39 is 23.2 Å². The van der Waals surface area contributed by atoms with E-state index in [0.717, 1.165) is 22.2 Å². The lowest BCUT2D eigenvalue weighted by Crippen LogP contribution is -2.42. The molecule has 23 heavy (non-hydrogen) atoms. The van der Waals surface area contributed by atoms with Crippen LogP contribution in [0.15, 0.2) is 29.2 Å². The van der Waals surface area contributed by atoms with Crippen molar-refractivity contribution < 1.29 is 23.9 Å². The molecule has 0 aromatic heterocycles. The minimum absolute atomic E-state index is 0.196. The molecule has 0 N–H and O–H groups in total. The molecule has 6 nitrogen and oxygen atoms in total. The van der Waals surface area contributed by atoms with Crippen LogP contribution in [0.5, 0.6) is 5.75 Å². The monoisotopic (exact) mass is 335 g/mol. The third kappa shape index (κ3) is 3.73. The summed E-state index contributed by atoms with van der Waals surface area (Å²) in [4.78, 5) is 37.4. The molecule has 0 bridgehead atoms. The number of imide groups is 1. The Bertz CT molecular complexity index is 653. The van der Waals surface area contributed by atoms with Crippen LogP contribution >= 0.6 is 11.8 Å². The fourth-order valence-electron chi connectivity index (χ4n) is 2.03. The number of hydrogen-bond donors (Lipinski definition) is 0. The smallest absolute Gasteiger partial charge is 0.329 e. The normalized spacial score (nSPS) is 17.5. The van der Waals surface area contributed by atoms with Gasteiger partial charge >= 0.3 is 5.97 Å². The Morgan fingerprint density at radius 3 is 2.52 bits per heavy atom. The summed E-state index contributed by atoms with van der Waals surface area (Å²) in [6, 6.07) is 6.14. The van der Waals surface area contributed by atoms with Crippen LogP contribution < -0.4 is 4.74 Å². The van der Waals surface area contributed by atoms with Gasteiger partial charge < -0.3 is 9.47 Å². The Labute approximate surface area is 138 Å². The number of nitrogens with zero attached hydrogens (tertiary/aromatic N) is 1. The van der Waals surface area contributed by atoms with Crippen molar-refractivity contribution in [1.29, 1.82) is 0 Å². The van der Waals surface area contributed by atoms with Crippen LogP contribution in [0.3, 0.4) is 0 Å². The van der Waals surface area contributed by atoms with Gasteiger partial charge in [-0.25, -0.2) is 4.79 Å². The SMILES string of the molecule is CCOC(=O)[C@@H](C)N1C(=O)S/C(=C/c2ccc(OC)cc2)C1=O. The maximum absolute atomic E-state index is 12.4. The van der Waals surface area contributed by atoms with E-state index in [0.29, 0.717) is 5.75 Å². The van der Waals surface area contributed by atoms with Crippen molar-refractivity contribution in [3.05, 3.63) is 34.7 Å². The largest absolute Gasteiger partial charge is 0.497 e. The number of rotatable bonds is 5. The van der Waals surface area contributed by atoms with Gasteiger partial charge in [-0.05, 0) is 49.4 Å². The average Bonchev–Trinajstić information content (AvgIpc) is 2.81. The van der Waals surface area contributed by atoms with Gasteiger partial charge in [-0.15, -0.1) is 0 Å². The highest BCUT2D eigenvalue weighted by Crippen LogP contribution is 2.34. The summed E-state index contributed by atoms with van der Waals surface area (Å²) in [7, 11) is 1.57. The molecule has 1 aliphatic rings. The van der Waals surface area contributed by atoms with E-state index in [9.17, 15) is 14.4 Å². The standard InChI is InChI=1S/C16H17NO5S/c1-4-22-15(19)10(2)17-14(18)13(23-16(17)20)9-11-5-7-12(21-3)8-6-11/h5-10H,4H2,1-3H3/b13-9+/t10-/m1/s1. The van der Waals surface area contributed by atoms with Crippen molar-refractivity contribution in [2.45, 2.75) is 19.9 Å². The van der Waals surface area contributed by atoms with Crippen molar-refractivity contribution in [3.63, 3.8) is 0 Å². The summed E-state index contributed by atoms with van der Waals surface area (Å²) >= 11 is 0.810. The first-order valence-electron chi connectivity index (χ1n) is 7.05. The van der Waals surface area contributed by atoms with E-state index in [2.05, 4.69) is 0 Å². The lowest BCUT2D eigenvalue weighted by molar-refractivity contribution is -0.150. The molecule has 0 unspecified atom stereocenters. The van der Waals surface area contributed by atoms with Crippen molar-refractivity contribution in [2.75, 3.05) is 13.7 Å². The van der Waals surface area contributed by atoms with Gasteiger partial charge in [0.2, 0.25) is 0 Å². The zero-order valence-electron chi connectivity index (χ0n) is 13.1. The second kappa shape index (κ2) is 7.32. The van der Waals surface area contributed by atoms with Crippen molar-refractivity contribution in [2.24, 2.45) is 0 Å². The molecule has 1 aliphatic heterocycles. The molecule has 1 atom stereocenters. The van der Waals surface area contributed by atoms with Crippen LogP contribution in [0.4, 0.5) is 4.79 Å². The molecule has 7 heteroatoms. The number of amides is 2. The van der Waals surface area contributed by atoms with Gasteiger partial charge in [-0.2, -0.15) is 0 Å². The molecule has 0 aliphatic carbocycles. The molecule has 1 aromatic rings. The highest BCUT2D eigenvalue weighted by molar-refractivity contribution is 8.18. The maximum Gasteiger partial charge on any atom is 0.329 e. The Hall–Kier alpha value is -2.28. The van der Waals surface area contributed by atoms with E-state index in [4.69, 9.17) is 9.47 Å². The van der Waals surface area contributed by atoms with Crippen LogP contribution in [-0.4, -0.2) is 41.8 Å². The molecule has 0 spiro atoms. The Morgan fingerprint density at radius 2 is 1.96 bits per heavy atom. The zero-order chi connectivity index (χ0) is 17.0. The topological polar surface area (TPSA) is 72.9 Å². The first kappa shape index (κ1) is 17.1. The van der Waals surface area contributed by atoms with E-state index in [1.54, 1.807) is 44.4 Å².